The van der Waals surface area contributed by atoms with Crippen molar-refractivity contribution >= 4 is 46.4 Å². The molecule has 0 aliphatic rings. The third-order valence-electron chi connectivity index (χ3n) is 6.89. The first-order valence-corrected chi connectivity index (χ1v) is 15.0. The smallest absolute Gasteiger partial charge is 0.326 e. The zero-order chi connectivity index (χ0) is 29.9. The van der Waals surface area contributed by atoms with Gasteiger partial charge in [0.2, 0.25) is 17.7 Å². The van der Waals surface area contributed by atoms with E-state index >= 15 is 0 Å². The third-order valence-corrected chi connectivity index (χ3v) is 7.54. The minimum absolute atomic E-state index is 0.0785. The minimum atomic E-state index is -1.21. The monoisotopic (exact) mass is 581 g/mol. The van der Waals surface area contributed by atoms with Crippen LogP contribution in [-0.4, -0.2) is 70.0 Å². The maximum absolute atomic E-state index is 13.6. The fourth-order valence-electron chi connectivity index (χ4n) is 4.40. The van der Waals surface area contributed by atoms with Crippen molar-refractivity contribution in [3.8, 4) is 0 Å². The first-order chi connectivity index (χ1) is 19.6. The number of aliphatic carboxylic acids is 1. The molecule has 0 fully saturated rings. The lowest BCUT2D eigenvalue weighted by atomic mass is 10.0. The minimum Gasteiger partial charge on any atom is -0.480 e. The number of thioether (sulfide) groups is 1. The maximum atomic E-state index is 13.6. The molecule has 1 heterocycles. The van der Waals surface area contributed by atoms with Crippen molar-refractivity contribution in [1.29, 1.82) is 0 Å². The van der Waals surface area contributed by atoms with Crippen molar-refractivity contribution in [3.63, 3.8) is 0 Å². The molecule has 3 aromatic rings. The molecule has 4 atom stereocenters. The van der Waals surface area contributed by atoms with E-state index in [1.165, 1.54) is 11.8 Å². The molecule has 0 bridgehead atoms. The van der Waals surface area contributed by atoms with E-state index in [4.69, 9.17) is 5.73 Å². The molecule has 0 radical (unpaired) electrons. The number of benzene rings is 2. The normalized spacial score (nSPS) is 14.2. The molecular formula is C30H39N5O5S. The van der Waals surface area contributed by atoms with Gasteiger partial charge in [-0.2, -0.15) is 11.8 Å². The van der Waals surface area contributed by atoms with Gasteiger partial charge in [-0.3, -0.25) is 14.4 Å². The summed E-state index contributed by atoms with van der Waals surface area (Å²) in [5.41, 5.74) is 8.40. The number of carbonyl (C=O) groups excluding carboxylic acids is 3. The summed E-state index contributed by atoms with van der Waals surface area (Å²) < 4.78 is 0. The average molecular weight is 582 g/mol. The van der Waals surface area contributed by atoms with Crippen LogP contribution in [0.2, 0.25) is 0 Å². The zero-order valence-corrected chi connectivity index (χ0v) is 24.4. The Labute approximate surface area is 244 Å². The van der Waals surface area contributed by atoms with E-state index < -0.39 is 47.9 Å². The van der Waals surface area contributed by atoms with Crippen LogP contribution in [0.3, 0.4) is 0 Å². The largest absolute Gasteiger partial charge is 0.480 e. The van der Waals surface area contributed by atoms with Crippen LogP contribution in [0.1, 0.15) is 31.4 Å². The van der Waals surface area contributed by atoms with Gasteiger partial charge in [-0.25, -0.2) is 4.79 Å². The van der Waals surface area contributed by atoms with Gasteiger partial charge in [0.05, 0.1) is 6.04 Å². The van der Waals surface area contributed by atoms with Gasteiger partial charge in [-0.15, -0.1) is 0 Å². The molecule has 0 aliphatic heterocycles. The van der Waals surface area contributed by atoms with E-state index in [0.717, 1.165) is 22.0 Å². The maximum Gasteiger partial charge on any atom is 0.326 e. The highest BCUT2D eigenvalue weighted by Gasteiger charge is 2.31. The van der Waals surface area contributed by atoms with Crippen molar-refractivity contribution in [2.75, 3.05) is 12.0 Å². The van der Waals surface area contributed by atoms with E-state index in [1.807, 2.05) is 50.4 Å². The van der Waals surface area contributed by atoms with Crippen LogP contribution < -0.4 is 21.7 Å². The van der Waals surface area contributed by atoms with Crippen LogP contribution in [0.4, 0.5) is 0 Å². The van der Waals surface area contributed by atoms with Crippen molar-refractivity contribution in [2.24, 2.45) is 11.7 Å². The molecule has 11 heteroatoms. The van der Waals surface area contributed by atoms with Crippen LogP contribution in [-0.2, 0) is 32.0 Å². The molecule has 0 saturated carbocycles. The lowest BCUT2D eigenvalue weighted by molar-refractivity contribution is -0.142. The molecule has 220 valence electrons. The molecule has 0 aliphatic carbocycles. The Morgan fingerprint density at radius 2 is 1.46 bits per heavy atom. The van der Waals surface area contributed by atoms with Gasteiger partial charge in [0.1, 0.15) is 18.1 Å². The molecule has 3 amide bonds. The Kier molecular flexibility index (Phi) is 11.8. The lowest BCUT2D eigenvalue weighted by Crippen LogP contribution is -2.58. The van der Waals surface area contributed by atoms with Gasteiger partial charge in [0, 0.05) is 29.9 Å². The van der Waals surface area contributed by atoms with Crippen LogP contribution in [0, 0.1) is 5.92 Å². The van der Waals surface area contributed by atoms with E-state index in [2.05, 4.69) is 20.9 Å². The molecule has 41 heavy (non-hydrogen) atoms. The number of aromatic amines is 1. The second kappa shape index (κ2) is 15.2. The number of nitrogens with two attached hydrogens (primary N) is 1. The summed E-state index contributed by atoms with van der Waals surface area (Å²) in [5.74, 6) is -2.36. The Balaban J connectivity index is 1.86. The van der Waals surface area contributed by atoms with Gasteiger partial charge in [0.25, 0.3) is 0 Å². The third kappa shape index (κ3) is 9.09. The molecule has 10 nitrogen and oxygen atoms in total. The fourth-order valence-corrected chi connectivity index (χ4v) is 4.87. The molecule has 4 unspecified atom stereocenters. The summed E-state index contributed by atoms with van der Waals surface area (Å²) in [5, 5.41) is 18.9. The van der Waals surface area contributed by atoms with Crippen LogP contribution >= 0.6 is 11.8 Å². The molecule has 0 spiro atoms. The highest BCUT2D eigenvalue weighted by molar-refractivity contribution is 7.98. The number of H-pyrrole nitrogens is 1. The van der Waals surface area contributed by atoms with Crippen molar-refractivity contribution in [1.82, 2.24) is 20.9 Å². The Bertz CT molecular complexity index is 1330. The Morgan fingerprint density at radius 1 is 0.854 bits per heavy atom. The summed E-state index contributed by atoms with van der Waals surface area (Å²) in [4.78, 5) is 55.1. The first-order valence-electron chi connectivity index (χ1n) is 13.6. The van der Waals surface area contributed by atoms with E-state index in [1.54, 1.807) is 30.5 Å². The standard InChI is InChI=1S/C30H39N5O5S/c1-18(2)26(31)29(38)33-23(13-14-41-3)27(36)34-24(16-20-17-32-22-12-8-7-11-21(20)22)28(37)35-25(30(39)40)15-19-9-5-4-6-10-19/h4-12,17-18,23-26,32H,13-16,31H2,1-3H3,(H,33,38)(H,34,36)(H,35,37)(H,39,40). The molecule has 1 aromatic heterocycles. The Morgan fingerprint density at radius 3 is 2.12 bits per heavy atom. The number of aromatic nitrogens is 1. The molecular weight excluding hydrogens is 542 g/mol. The van der Waals surface area contributed by atoms with Crippen molar-refractivity contribution in [3.05, 3.63) is 71.9 Å². The Hall–Kier alpha value is -3.83. The summed E-state index contributed by atoms with van der Waals surface area (Å²) in [6.45, 7) is 3.63. The number of hydrogen-bond acceptors (Lipinski definition) is 6. The number of amides is 3. The molecule has 2 aromatic carbocycles. The number of carboxylic acids is 1. The first kappa shape index (κ1) is 31.7. The number of carboxylic acid groups (broad SMARTS) is 1. The second-order valence-corrected chi connectivity index (χ2v) is 11.3. The predicted molar refractivity (Wildman–Crippen MR) is 161 cm³/mol. The van der Waals surface area contributed by atoms with E-state index in [0.29, 0.717) is 12.2 Å². The van der Waals surface area contributed by atoms with Gasteiger partial charge < -0.3 is 31.8 Å². The van der Waals surface area contributed by atoms with Crippen LogP contribution in [0.5, 0.6) is 0 Å². The molecule has 7 N–H and O–H groups in total. The second-order valence-electron chi connectivity index (χ2n) is 10.3. The SMILES string of the molecule is CSCCC(NC(=O)C(N)C(C)C)C(=O)NC(Cc1c[nH]c2ccccc12)C(=O)NC(Cc1ccccc1)C(=O)O. The fraction of sp³-hybridized carbons (Fsp3) is 0.400. The lowest BCUT2D eigenvalue weighted by Gasteiger charge is -2.26. The number of hydrogen-bond donors (Lipinski definition) is 6. The molecule has 0 saturated heterocycles. The average Bonchev–Trinajstić information content (AvgIpc) is 3.36. The number of nitrogens with one attached hydrogen (secondary N) is 4. The van der Waals surface area contributed by atoms with Gasteiger partial charge in [-0.1, -0.05) is 62.4 Å². The number of para-hydroxylation sites is 1. The number of rotatable bonds is 15. The molecule has 3 rings (SSSR count). The highest BCUT2D eigenvalue weighted by atomic mass is 32.2. The van der Waals surface area contributed by atoms with Crippen molar-refractivity contribution < 1.29 is 24.3 Å². The van der Waals surface area contributed by atoms with Crippen LogP contribution in [0.25, 0.3) is 10.9 Å². The summed E-state index contributed by atoms with van der Waals surface area (Å²) in [6, 6.07) is 12.5. The summed E-state index contributed by atoms with van der Waals surface area (Å²) in [7, 11) is 0. The van der Waals surface area contributed by atoms with E-state index in [9.17, 15) is 24.3 Å². The predicted octanol–water partition coefficient (Wildman–Crippen LogP) is 2.23. The van der Waals surface area contributed by atoms with Gasteiger partial charge in [-0.05, 0) is 41.5 Å². The highest BCUT2D eigenvalue weighted by Crippen LogP contribution is 2.19. The number of fused-ring (bicyclic) bond motifs is 1. The van der Waals surface area contributed by atoms with Crippen LogP contribution in [0.15, 0.2) is 60.8 Å². The zero-order valence-electron chi connectivity index (χ0n) is 23.6. The summed E-state index contributed by atoms with van der Waals surface area (Å²) >= 11 is 1.52. The van der Waals surface area contributed by atoms with E-state index in [-0.39, 0.29) is 18.8 Å². The topological polar surface area (TPSA) is 166 Å². The van der Waals surface area contributed by atoms with Gasteiger partial charge >= 0.3 is 5.97 Å². The number of carbonyl (C=O) groups is 4. The van der Waals surface area contributed by atoms with Gasteiger partial charge in [0.15, 0.2) is 0 Å². The van der Waals surface area contributed by atoms with Crippen molar-refractivity contribution in [2.45, 2.75) is 57.3 Å². The quantitative estimate of drug-likeness (QED) is 0.160. The summed E-state index contributed by atoms with van der Waals surface area (Å²) in [6.07, 6.45) is 4.17.